The molecule has 1 heterocycles. The van der Waals surface area contributed by atoms with Crippen molar-refractivity contribution < 1.29 is 0 Å². The molecule has 0 aromatic carbocycles. The lowest BCUT2D eigenvalue weighted by Gasteiger charge is -2.11. The monoisotopic (exact) mass is 173 g/mol. The van der Waals surface area contributed by atoms with Gasteiger partial charge in [0.25, 0.3) is 0 Å². The molecule has 0 aromatic rings. The molecule has 0 N–H and O–H groups in total. The van der Waals surface area contributed by atoms with Crippen LogP contribution in [0.5, 0.6) is 0 Å². The molecular weight excluding hydrogens is 166 g/mol. The summed E-state index contributed by atoms with van der Waals surface area (Å²) in [5.41, 5.74) is 1.33. The molecule has 0 aromatic heterocycles. The summed E-state index contributed by atoms with van der Waals surface area (Å²) >= 11 is 3.32. The smallest absolute Gasteiger partial charge is 0.0494 e. The second-order valence-corrected chi connectivity index (χ2v) is 2.76. The van der Waals surface area contributed by atoms with Crippen molar-refractivity contribution in [2.45, 2.75) is 6.92 Å². The summed E-state index contributed by atoms with van der Waals surface area (Å²) in [7, 11) is 0. The van der Waals surface area contributed by atoms with Crippen molar-refractivity contribution in [1.82, 2.24) is 3.93 Å². The molecule has 0 aliphatic carbocycles. The highest BCUT2D eigenvalue weighted by atomic mass is 79.9. The normalized spacial score (nSPS) is 18.8. The summed E-state index contributed by atoms with van der Waals surface area (Å²) in [6.45, 7) is 3.07. The first-order valence-electron chi connectivity index (χ1n) is 2.56. The van der Waals surface area contributed by atoms with Crippen LogP contribution in [0.15, 0.2) is 23.9 Å². The first-order valence-corrected chi connectivity index (χ1v) is 3.27. The van der Waals surface area contributed by atoms with Gasteiger partial charge in [0.1, 0.15) is 0 Å². The molecular formula is C6H8BrN. The van der Waals surface area contributed by atoms with E-state index in [0.29, 0.717) is 0 Å². The van der Waals surface area contributed by atoms with Crippen LogP contribution in [0.4, 0.5) is 0 Å². The Balaban J connectivity index is 2.58. The predicted molar refractivity (Wildman–Crippen MR) is 38.5 cm³/mol. The number of allylic oxidation sites excluding steroid dienone is 2. The van der Waals surface area contributed by atoms with E-state index >= 15 is 0 Å². The molecule has 2 heteroatoms. The van der Waals surface area contributed by atoms with Gasteiger partial charge in [-0.2, -0.15) is 0 Å². The van der Waals surface area contributed by atoms with Crippen LogP contribution in [0.1, 0.15) is 6.92 Å². The molecule has 0 fully saturated rings. The molecule has 1 rings (SSSR count). The van der Waals surface area contributed by atoms with Crippen molar-refractivity contribution in [2.75, 3.05) is 6.54 Å². The zero-order chi connectivity index (χ0) is 5.98. The third-order valence-corrected chi connectivity index (χ3v) is 1.61. The molecule has 0 atom stereocenters. The van der Waals surface area contributed by atoms with Gasteiger partial charge in [-0.15, -0.1) is 0 Å². The fraction of sp³-hybridized carbons (Fsp3) is 0.333. The Morgan fingerprint density at radius 1 is 1.75 bits per heavy atom. The highest BCUT2D eigenvalue weighted by Crippen LogP contribution is 2.08. The van der Waals surface area contributed by atoms with Crippen molar-refractivity contribution in [3.63, 3.8) is 0 Å². The Hall–Kier alpha value is -0.240. The average molecular weight is 174 g/mol. The summed E-state index contributed by atoms with van der Waals surface area (Å²) in [6.07, 6.45) is 6.24. The number of rotatable bonds is 0. The minimum absolute atomic E-state index is 0.975. The second-order valence-electron chi connectivity index (χ2n) is 1.85. The maximum atomic E-state index is 3.32. The van der Waals surface area contributed by atoms with Crippen molar-refractivity contribution in [2.24, 2.45) is 0 Å². The zero-order valence-corrected chi connectivity index (χ0v) is 6.35. The Bertz CT molecular complexity index is 137. The Morgan fingerprint density at radius 2 is 2.50 bits per heavy atom. The van der Waals surface area contributed by atoms with Crippen LogP contribution in [0.2, 0.25) is 0 Å². The highest BCUT2D eigenvalue weighted by Gasteiger charge is 1.94. The molecule has 1 nitrogen and oxygen atoms in total. The molecule has 0 radical (unpaired) electrons. The molecule has 0 saturated carbocycles. The van der Waals surface area contributed by atoms with Crippen LogP contribution in [-0.4, -0.2) is 10.5 Å². The summed E-state index contributed by atoms with van der Waals surface area (Å²) in [6, 6.07) is 0. The SMILES string of the molecule is CC1=CCN(Br)C=C1. The van der Waals surface area contributed by atoms with E-state index < -0.39 is 0 Å². The Labute approximate surface area is 58.0 Å². The van der Waals surface area contributed by atoms with Crippen LogP contribution in [-0.2, 0) is 0 Å². The minimum atomic E-state index is 0.975. The molecule has 0 saturated heterocycles. The van der Waals surface area contributed by atoms with Crippen LogP contribution in [0.3, 0.4) is 0 Å². The van der Waals surface area contributed by atoms with E-state index in [2.05, 4.69) is 35.2 Å². The van der Waals surface area contributed by atoms with Gasteiger partial charge in [-0.3, -0.25) is 0 Å². The fourth-order valence-electron chi connectivity index (χ4n) is 0.559. The lowest BCUT2D eigenvalue weighted by molar-refractivity contribution is 0.709. The van der Waals surface area contributed by atoms with Crippen molar-refractivity contribution in [3.8, 4) is 0 Å². The van der Waals surface area contributed by atoms with Crippen LogP contribution in [0.25, 0.3) is 0 Å². The van der Waals surface area contributed by atoms with Crippen LogP contribution < -0.4 is 0 Å². The molecule has 0 bridgehead atoms. The molecule has 8 heavy (non-hydrogen) atoms. The first-order chi connectivity index (χ1) is 3.79. The van der Waals surface area contributed by atoms with Gasteiger partial charge in [-0.05, 0) is 13.0 Å². The maximum Gasteiger partial charge on any atom is 0.0494 e. The Kier molecular flexibility index (Phi) is 1.73. The molecule has 1 aliphatic rings. The summed E-state index contributed by atoms with van der Waals surface area (Å²) < 4.78 is 1.96. The van der Waals surface area contributed by atoms with E-state index in [1.807, 2.05) is 10.1 Å². The summed E-state index contributed by atoms with van der Waals surface area (Å²) in [4.78, 5) is 0. The highest BCUT2D eigenvalue weighted by molar-refractivity contribution is 9.07. The number of halogens is 1. The number of hydrogen-bond acceptors (Lipinski definition) is 1. The van der Waals surface area contributed by atoms with E-state index in [4.69, 9.17) is 0 Å². The first kappa shape index (κ1) is 5.89. The van der Waals surface area contributed by atoms with E-state index in [1.165, 1.54) is 5.57 Å². The number of hydrogen-bond donors (Lipinski definition) is 0. The van der Waals surface area contributed by atoms with Gasteiger partial charge in [0.15, 0.2) is 0 Å². The van der Waals surface area contributed by atoms with E-state index in [9.17, 15) is 0 Å². The van der Waals surface area contributed by atoms with Gasteiger partial charge in [-0.25, -0.2) is 0 Å². The average Bonchev–Trinajstić information content (AvgIpc) is 1.77. The number of nitrogens with zero attached hydrogens (tertiary/aromatic N) is 1. The standard InChI is InChI=1S/C6H8BrN/c1-6-2-4-8(7)5-3-6/h2-4H,5H2,1H3. The van der Waals surface area contributed by atoms with Crippen molar-refractivity contribution in [3.05, 3.63) is 23.9 Å². The maximum absolute atomic E-state index is 3.32. The molecule has 0 amide bonds. The Morgan fingerprint density at radius 3 is 2.88 bits per heavy atom. The van der Waals surface area contributed by atoms with Crippen LogP contribution >= 0.6 is 16.1 Å². The van der Waals surface area contributed by atoms with Gasteiger partial charge in [0.2, 0.25) is 0 Å². The quantitative estimate of drug-likeness (QED) is 0.508. The van der Waals surface area contributed by atoms with E-state index in [-0.39, 0.29) is 0 Å². The second kappa shape index (κ2) is 2.35. The van der Waals surface area contributed by atoms with Gasteiger partial charge in [-0.1, -0.05) is 11.6 Å². The largest absolute Gasteiger partial charge is 0.312 e. The molecule has 44 valence electrons. The third kappa shape index (κ3) is 1.37. The third-order valence-electron chi connectivity index (χ3n) is 1.09. The van der Waals surface area contributed by atoms with Gasteiger partial charge in [0.05, 0.1) is 0 Å². The molecule has 1 aliphatic heterocycles. The van der Waals surface area contributed by atoms with Gasteiger partial charge < -0.3 is 3.93 Å². The minimum Gasteiger partial charge on any atom is -0.312 e. The fourth-order valence-corrected chi connectivity index (χ4v) is 0.822. The lowest BCUT2D eigenvalue weighted by atomic mass is 10.2. The predicted octanol–water partition coefficient (Wildman–Crippen LogP) is 2.07. The van der Waals surface area contributed by atoms with Crippen molar-refractivity contribution in [1.29, 1.82) is 0 Å². The molecule has 0 spiro atoms. The van der Waals surface area contributed by atoms with E-state index in [0.717, 1.165) is 6.54 Å². The van der Waals surface area contributed by atoms with Gasteiger partial charge in [0, 0.05) is 28.9 Å². The molecule has 0 unspecified atom stereocenters. The lowest BCUT2D eigenvalue weighted by Crippen LogP contribution is -2.05. The summed E-state index contributed by atoms with van der Waals surface area (Å²) in [5, 5.41) is 0. The topological polar surface area (TPSA) is 3.24 Å². The van der Waals surface area contributed by atoms with E-state index in [1.54, 1.807) is 0 Å². The van der Waals surface area contributed by atoms with Crippen LogP contribution in [0, 0.1) is 0 Å². The zero-order valence-electron chi connectivity index (χ0n) is 4.76. The summed E-state index contributed by atoms with van der Waals surface area (Å²) in [5.74, 6) is 0. The van der Waals surface area contributed by atoms with Crippen molar-refractivity contribution >= 4 is 16.1 Å². The van der Waals surface area contributed by atoms with Gasteiger partial charge >= 0.3 is 0 Å².